The van der Waals surface area contributed by atoms with Crippen molar-refractivity contribution in [3.8, 4) is 5.75 Å². The average molecular weight is 511 g/mol. The fourth-order valence-corrected chi connectivity index (χ4v) is 2.64. The van der Waals surface area contributed by atoms with Gasteiger partial charge in [0.05, 0.1) is 18.7 Å². The lowest BCUT2D eigenvalue weighted by molar-refractivity contribution is -0.151. The van der Waals surface area contributed by atoms with E-state index in [1.54, 1.807) is 26.0 Å². The molecule has 0 saturated carbocycles. The molecule has 206 valence electrons. The van der Waals surface area contributed by atoms with Gasteiger partial charge in [-0.1, -0.05) is 39.3 Å². The number of carbonyl (C=O) groups is 4. The summed E-state index contributed by atoms with van der Waals surface area (Å²) >= 11 is 0. The molecular weight excluding hydrogens is 464 g/mol. The summed E-state index contributed by atoms with van der Waals surface area (Å²) in [6, 6.07) is 4.42. The zero-order chi connectivity index (χ0) is 28.1. The highest BCUT2D eigenvalue weighted by atomic mass is 16.5. The van der Waals surface area contributed by atoms with Gasteiger partial charge < -0.3 is 36.7 Å². The van der Waals surface area contributed by atoms with Crippen LogP contribution in [0, 0.1) is 0 Å². The largest absolute Gasteiger partial charge is 0.508 e. The molecule has 1 rings (SSSR count). The number of esters is 1. The zero-order valence-corrected chi connectivity index (χ0v) is 22.6. The highest BCUT2D eigenvalue weighted by Gasteiger charge is 2.24. The molecule has 2 amide bonds. The molecule has 2 unspecified atom stereocenters. The van der Waals surface area contributed by atoms with E-state index in [0.717, 1.165) is 12.1 Å². The van der Waals surface area contributed by atoms with Crippen molar-refractivity contribution in [1.29, 1.82) is 0 Å². The lowest BCUT2D eigenvalue weighted by Gasteiger charge is -2.19. The summed E-state index contributed by atoms with van der Waals surface area (Å²) in [6.45, 7) is 11.4. The second kappa shape index (κ2) is 21.3. The van der Waals surface area contributed by atoms with Gasteiger partial charge in [-0.3, -0.25) is 9.59 Å². The van der Waals surface area contributed by atoms with Gasteiger partial charge in [0.1, 0.15) is 17.6 Å². The van der Waals surface area contributed by atoms with Gasteiger partial charge in [0.15, 0.2) is 0 Å². The van der Waals surface area contributed by atoms with E-state index in [-0.39, 0.29) is 43.4 Å². The SMILES string of the molecule is CC.CC(=O)CCC(NC(=O)CNC(=O)C(N)Cc1ccc(O)cc1)C(=O)OC(C)C.CCCCN. The fraction of sp³-hybridized carbons (Fsp3) is 0.615. The van der Waals surface area contributed by atoms with Gasteiger partial charge in [-0.05, 0) is 64.3 Å². The third-order valence-corrected chi connectivity index (χ3v) is 4.47. The number of nitrogens with two attached hydrogens (primary N) is 2. The van der Waals surface area contributed by atoms with Gasteiger partial charge >= 0.3 is 5.97 Å². The molecule has 0 heterocycles. The number of aromatic hydroxyl groups is 1. The molecule has 0 fully saturated rings. The van der Waals surface area contributed by atoms with E-state index in [4.69, 9.17) is 16.2 Å². The molecule has 7 N–H and O–H groups in total. The third-order valence-electron chi connectivity index (χ3n) is 4.47. The summed E-state index contributed by atoms with van der Waals surface area (Å²) in [5.74, 6) is -1.76. The number of carbonyl (C=O) groups excluding carboxylic acids is 4. The Kier molecular flexibility index (Phi) is 20.8. The van der Waals surface area contributed by atoms with Gasteiger partial charge in [-0.2, -0.15) is 0 Å². The monoisotopic (exact) mass is 510 g/mol. The molecule has 0 saturated heterocycles. The van der Waals surface area contributed by atoms with Crippen LogP contribution in [0.1, 0.15) is 72.8 Å². The van der Waals surface area contributed by atoms with Crippen LogP contribution < -0.4 is 22.1 Å². The Balaban J connectivity index is 0. The highest BCUT2D eigenvalue weighted by Crippen LogP contribution is 2.11. The van der Waals surface area contributed by atoms with E-state index in [0.29, 0.717) is 0 Å². The number of ketones is 1. The van der Waals surface area contributed by atoms with Crippen molar-refractivity contribution in [3.05, 3.63) is 29.8 Å². The quantitative estimate of drug-likeness (QED) is 0.250. The number of phenols is 1. The van der Waals surface area contributed by atoms with Crippen molar-refractivity contribution in [2.75, 3.05) is 13.1 Å². The summed E-state index contributed by atoms with van der Waals surface area (Å²) in [4.78, 5) is 47.5. The third kappa shape index (κ3) is 18.4. The van der Waals surface area contributed by atoms with Crippen LogP contribution in [-0.2, 0) is 30.3 Å². The molecule has 10 heteroatoms. The van der Waals surface area contributed by atoms with Crippen LogP contribution in [0.4, 0.5) is 0 Å². The first-order chi connectivity index (χ1) is 17.0. The van der Waals surface area contributed by atoms with Crippen LogP contribution in [-0.4, -0.2) is 60.0 Å². The van der Waals surface area contributed by atoms with Crippen molar-refractivity contribution in [2.45, 2.75) is 91.8 Å². The van der Waals surface area contributed by atoms with E-state index >= 15 is 0 Å². The van der Waals surface area contributed by atoms with Crippen molar-refractivity contribution < 1.29 is 29.0 Å². The predicted molar refractivity (Wildman–Crippen MR) is 141 cm³/mol. The number of ether oxygens (including phenoxy) is 1. The summed E-state index contributed by atoms with van der Waals surface area (Å²) in [6.07, 6.45) is 2.48. The summed E-state index contributed by atoms with van der Waals surface area (Å²) in [7, 11) is 0. The minimum absolute atomic E-state index is 0.110. The molecule has 36 heavy (non-hydrogen) atoms. The Hall–Kier alpha value is -2.98. The van der Waals surface area contributed by atoms with Crippen LogP contribution in [0.15, 0.2) is 24.3 Å². The lowest BCUT2D eigenvalue weighted by Crippen LogP contribution is -2.49. The smallest absolute Gasteiger partial charge is 0.328 e. The van der Waals surface area contributed by atoms with Crippen molar-refractivity contribution in [2.24, 2.45) is 11.5 Å². The first kappa shape index (κ1) is 35.2. The minimum Gasteiger partial charge on any atom is -0.508 e. The molecule has 2 atom stereocenters. The fourth-order valence-electron chi connectivity index (χ4n) is 2.64. The van der Waals surface area contributed by atoms with Gasteiger partial charge in [0.25, 0.3) is 0 Å². The predicted octanol–water partition coefficient (Wildman–Crippen LogP) is 1.96. The Morgan fingerprint density at radius 3 is 2.11 bits per heavy atom. The van der Waals surface area contributed by atoms with Crippen LogP contribution >= 0.6 is 0 Å². The Morgan fingerprint density at radius 2 is 1.67 bits per heavy atom. The lowest BCUT2D eigenvalue weighted by atomic mass is 10.1. The number of rotatable bonds is 13. The highest BCUT2D eigenvalue weighted by molar-refractivity contribution is 5.90. The van der Waals surface area contributed by atoms with Crippen molar-refractivity contribution in [1.82, 2.24) is 10.6 Å². The first-order valence-electron chi connectivity index (χ1n) is 12.5. The standard InChI is InChI=1S/C20H29N3O6.C4H11N.C2H6/c1-12(2)29-20(28)17(9-4-13(3)24)23-18(26)11-22-19(27)16(21)10-14-5-7-15(25)8-6-14;1-2-3-4-5;1-2/h5-8,12,16-17,25H,4,9-11,21H2,1-3H3,(H,22,27)(H,23,26);2-5H2,1H3;1-2H3. The number of Topliss-reactive ketones (excluding diaryl/α,β-unsaturated/α-hetero) is 1. The van der Waals surface area contributed by atoms with E-state index in [9.17, 15) is 24.3 Å². The normalized spacial score (nSPS) is 11.6. The van der Waals surface area contributed by atoms with Gasteiger partial charge in [0, 0.05) is 6.42 Å². The van der Waals surface area contributed by atoms with E-state index in [1.807, 2.05) is 13.8 Å². The Labute approximate surface area is 215 Å². The molecule has 0 aliphatic rings. The number of benzene rings is 1. The molecule has 0 spiro atoms. The molecule has 0 aliphatic carbocycles. The van der Waals surface area contributed by atoms with Gasteiger partial charge in [-0.15, -0.1) is 0 Å². The van der Waals surface area contributed by atoms with Gasteiger partial charge in [-0.25, -0.2) is 4.79 Å². The summed E-state index contributed by atoms with van der Waals surface area (Å²) in [5.41, 5.74) is 11.7. The minimum atomic E-state index is -0.976. The van der Waals surface area contributed by atoms with Gasteiger partial charge in [0.2, 0.25) is 11.8 Å². The van der Waals surface area contributed by atoms with Crippen LogP contribution in [0.2, 0.25) is 0 Å². The molecular formula is C26H46N4O6. The molecule has 0 radical (unpaired) electrons. The van der Waals surface area contributed by atoms with Crippen LogP contribution in [0.5, 0.6) is 5.75 Å². The van der Waals surface area contributed by atoms with Crippen LogP contribution in [0.3, 0.4) is 0 Å². The number of amides is 2. The number of nitrogens with one attached hydrogen (secondary N) is 2. The number of hydrogen-bond donors (Lipinski definition) is 5. The van der Waals surface area contributed by atoms with E-state index in [1.165, 1.54) is 31.9 Å². The molecule has 10 nitrogen and oxygen atoms in total. The number of phenolic OH excluding ortho intramolecular Hbond substituents is 1. The topological polar surface area (TPSA) is 174 Å². The van der Waals surface area contributed by atoms with Crippen molar-refractivity contribution >= 4 is 23.6 Å². The molecule has 1 aromatic rings. The molecule has 0 aromatic heterocycles. The first-order valence-corrected chi connectivity index (χ1v) is 12.5. The Bertz CT molecular complexity index is 766. The summed E-state index contributed by atoms with van der Waals surface area (Å²) < 4.78 is 5.09. The average Bonchev–Trinajstić information content (AvgIpc) is 2.83. The van der Waals surface area contributed by atoms with E-state index < -0.39 is 29.9 Å². The summed E-state index contributed by atoms with van der Waals surface area (Å²) in [5, 5.41) is 14.2. The van der Waals surface area contributed by atoms with E-state index in [2.05, 4.69) is 17.6 Å². The number of unbranched alkanes of at least 4 members (excludes halogenated alkanes) is 1. The maximum Gasteiger partial charge on any atom is 0.328 e. The zero-order valence-electron chi connectivity index (χ0n) is 22.6. The second-order valence-corrected chi connectivity index (χ2v) is 8.18. The van der Waals surface area contributed by atoms with Crippen molar-refractivity contribution in [3.63, 3.8) is 0 Å². The number of hydrogen-bond acceptors (Lipinski definition) is 8. The Morgan fingerprint density at radius 1 is 1.08 bits per heavy atom. The molecule has 1 aromatic carbocycles. The molecule has 0 aliphatic heterocycles. The van der Waals surface area contributed by atoms with Crippen LogP contribution in [0.25, 0.3) is 0 Å². The second-order valence-electron chi connectivity index (χ2n) is 8.18. The maximum atomic E-state index is 12.1. The molecule has 0 bridgehead atoms. The maximum absolute atomic E-state index is 12.1.